The number of carbonyl (C=O) groups excluding carboxylic acids is 1. The van der Waals surface area contributed by atoms with E-state index in [-0.39, 0.29) is 29.8 Å². The zero-order valence-electron chi connectivity index (χ0n) is 18.9. The fraction of sp³-hybridized carbons (Fsp3) is 0.696. The van der Waals surface area contributed by atoms with E-state index in [2.05, 4.69) is 26.1 Å². The molecule has 0 radical (unpaired) electrons. The number of amides is 1. The van der Waals surface area contributed by atoms with E-state index in [0.29, 0.717) is 32.1 Å². The standard InChI is InChI=1S/C23H33F3N2O3S/c1-22(2,3)17-8-10-18(11-9-17)32(30,31)28-14-12-16(13-15-28)21(29)27-20-7-5-4-6-19(20)23(24,25)26/h8-11,16,19-20H,4-7,12-15H2,1-3H3,(H,27,29). The second-order valence-corrected chi connectivity index (χ2v) is 11.9. The van der Waals surface area contributed by atoms with Crippen LogP contribution in [0.5, 0.6) is 0 Å². The van der Waals surface area contributed by atoms with Crippen molar-refractivity contribution < 1.29 is 26.4 Å². The highest BCUT2D eigenvalue weighted by molar-refractivity contribution is 7.89. The van der Waals surface area contributed by atoms with Crippen LogP contribution < -0.4 is 5.32 Å². The first-order chi connectivity index (χ1) is 14.8. The van der Waals surface area contributed by atoms with Gasteiger partial charge >= 0.3 is 6.18 Å². The molecule has 1 saturated heterocycles. The highest BCUT2D eigenvalue weighted by Gasteiger charge is 2.46. The molecule has 2 fully saturated rings. The zero-order valence-corrected chi connectivity index (χ0v) is 19.7. The van der Waals surface area contributed by atoms with Crippen molar-refractivity contribution in [3.05, 3.63) is 29.8 Å². The molecule has 1 saturated carbocycles. The second kappa shape index (κ2) is 9.33. The number of nitrogens with zero attached hydrogens (tertiary/aromatic N) is 1. The Morgan fingerprint density at radius 1 is 0.969 bits per heavy atom. The summed E-state index contributed by atoms with van der Waals surface area (Å²) >= 11 is 0. The minimum Gasteiger partial charge on any atom is -0.353 e. The van der Waals surface area contributed by atoms with Crippen LogP contribution in [0.25, 0.3) is 0 Å². The summed E-state index contributed by atoms with van der Waals surface area (Å²) in [5.74, 6) is -2.37. The topological polar surface area (TPSA) is 66.5 Å². The molecule has 1 aliphatic carbocycles. The van der Waals surface area contributed by atoms with Gasteiger partial charge in [-0.15, -0.1) is 0 Å². The van der Waals surface area contributed by atoms with E-state index >= 15 is 0 Å². The molecule has 1 aliphatic heterocycles. The van der Waals surface area contributed by atoms with Crippen LogP contribution in [-0.4, -0.2) is 43.9 Å². The van der Waals surface area contributed by atoms with Crippen molar-refractivity contribution in [3.8, 4) is 0 Å². The molecule has 1 amide bonds. The third kappa shape index (κ3) is 5.65. The Labute approximate surface area is 188 Å². The SMILES string of the molecule is CC(C)(C)c1ccc(S(=O)(=O)N2CCC(C(=O)NC3CCCCC3C(F)(F)F)CC2)cc1. The minimum atomic E-state index is -4.32. The van der Waals surface area contributed by atoms with Crippen LogP contribution in [0.4, 0.5) is 13.2 Å². The predicted octanol–water partition coefficient (Wildman–Crippen LogP) is 4.62. The highest BCUT2D eigenvalue weighted by atomic mass is 32.2. The Kier molecular flexibility index (Phi) is 7.29. The summed E-state index contributed by atoms with van der Waals surface area (Å²) < 4.78 is 67.2. The first kappa shape index (κ1) is 25.0. The molecule has 1 aromatic carbocycles. The molecule has 2 aliphatic rings. The van der Waals surface area contributed by atoms with Gasteiger partial charge in [-0.25, -0.2) is 8.42 Å². The summed E-state index contributed by atoms with van der Waals surface area (Å²) in [7, 11) is -3.68. The molecule has 0 spiro atoms. The molecule has 180 valence electrons. The Morgan fingerprint density at radius 2 is 1.53 bits per heavy atom. The molecule has 1 aromatic rings. The van der Waals surface area contributed by atoms with Gasteiger partial charge in [0.1, 0.15) is 0 Å². The van der Waals surface area contributed by atoms with E-state index < -0.39 is 40.0 Å². The van der Waals surface area contributed by atoms with E-state index in [1.807, 2.05) is 12.1 Å². The summed E-state index contributed by atoms with van der Waals surface area (Å²) in [4.78, 5) is 12.9. The summed E-state index contributed by atoms with van der Waals surface area (Å²) in [6.45, 7) is 6.51. The fourth-order valence-electron chi connectivity index (χ4n) is 4.63. The van der Waals surface area contributed by atoms with E-state index in [1.165, 1.54) is 4.31 Å². The lowest BCUT2D eigenvalue weighted by atomic mass is 9.83. The van der Waals surface area contributed by atoms with Gasteiger partial charge in [0.15, 0.2) is 0 Å². The quantitative estimate of drug-likeness (QED) is 0.692. The number of piperidine rings is 1. The average Bonchev–Trinajstić information content (AvgIpc) is 2.73. The monoisotopic (exact) mass is 474 g/mol. The number of rotatable bonds is 4. The smallest absolute Gasteiger partial charge is 0.353 e. The number of carbonyl (C=O) groups is 1. The first-order valence-electron chi connectivity index (χ1n) is 11.3. The second-order valence-electron chi connectivity index (χ2n) is 10.0. The third-order valence-corrected chi connectivity index (χ3v) is 8.61. The molecular formula is C23H33F3N2O3S. The summed E-state index contributed by atoms with van der Waals surface area (Å²) in [6.07, 6.45) is -2.17. The van der Waals surface area contributed by atoms with Gasteiger partial charge in [-0.2, -0.15) is 17.5 Å². The molecule has 3 rings (SSSR count). The molecule has 0 aromatic heterocycles. The molecule has 1 heterocycles. The third-order valence-electron chi connectivity index (χ3n) is 6.70. The maximum absolute atomic E-state index is 13.3. The number of nitrogens with one attached hydrogen (secondary N) is 1. The summed E-state index contributed by atoms with van der Waals surface area (Å²) in [5, 5.41) is 2.62. The van der Waals surface area contributed by atoms with Gasteiger partial charge in [-0.3, -0.25) is 4.79 Å². The van der Waals surface area contributed by atoms with Gasteiger partial charge in [-0.05, 0) is 48.8 Å². The molecule has 32 heavy (non-hydrogen) atoms. The van der Waals surface area contributed by atoms with E-state index in [0.717, 1.165) is 5.56 Å². The zero-order chi connectivity index (χ0) is 23.7. The average molecular weight is 475 g/mol. The van der Waals surface area contributed by atoms with Crippen molar-refractivity contribution in [2.24, 2.45) is 11.8 Å². The van der Waals surface area contributed by atoms with Gasteiger partial charge in [0.25, 0.3) is 0 Å². The molecule has 2 atom stereocenters. The van der Waals surface area contributed by atoms with Gasteiger partial charge in [0.05, 0.1) is 10.8 Å². The maximum Gasteiger partial charge on any atom is 0.393 e. The fourth-order valence-corrected chi connectivity index (χ4v) is 6.10. The van der Waals surface area contributed by atoms with Crippen molar-refractivity contribution in [2.45, 2.75) is 81.8 Å². The van der Waals surface area contributed by atoms with Crippen LogP contribution in [-0.2, 0) is 20.2 Å². The lowest BCUT2D eigenvalue weighted by Gasteiger charge is -2.36. The van der Waals surface area contributed by atoms with Crippen molar-refractivity contribution >= 4 is 15.9 Å². The van der Waals surface area contributed by atoms with Crippen molar-refractivity contribution in [1.29, 1.82) is 0 Å². The van der Waals surface area contributed by atoms with Crippen LogP contribution >= 0.6 is 0 Å². The van der Waals surface area contributed by atoms with Crippen LogP contribution in [0, 0.1) is 11.8 Å². The minimum absolute atomic E-state index is 0.0408. The molecule has 1 N–H and O–H groups in total. The molecule has 2 unspecified atom stereocenters. The number of halogens is 3. The van der Waals surface area contributed by atoms with Crippen molar-refractivity contribution in [3.63, 3.8) is 0 Å². The maximum atomic E-state index is 13.3. The van der Waals surface area contributed by atoms with Gasteiger partial charge in [-0.1, -0.05) is 45.7 Å². The number of hydrogen-bond acceptors (Lipinski definition) is 3. The lowest BCUT2D eigenvalue weighted by Crippen LogP contribution is -2.51. The van der Waals surface area contributed by atoms with Crippen LogP contribution in [0.15, 0.2) is 29.2 Å². The Balaban J connectivity index is 1.60. The lowest BCUT2D eigenvalue weighted by molar-refractivity contribution is -0.189. The highest BCUT2D eigenvalue weighted by Crippen LogP contribution is 2.38. The summed E-state index contributed by atoms with van der Waals surface area (Å²) in [5.41, 5.74) is 0.948. The van der Waals surface area contributed by atoms with Gasteiger partial charge in [0, 0.05) is 25.0 Å². The number of hydrogen-bond donors (Lipinski definition) is 1. The van der Waals surface area contributed by atoms with E-state index in [1.54, 1.807) is 12.1 Å². The van der Waals surface area contributed by atoms with E-state index in [9.17, 15) is 26.4 Å². The van der Waals surface area contributed by atoms with Crippen molar-refractivity contribution in [1.82, 2.24) is 9.62 Å². The molecule has 5 nitrogen and oxygen atoms in total. The molecular weight excluding hydrogens is 441 g/mol. The van der Waals surface area contributed by atoms with Crippen LogP contribution in [0.2, 0.25) is 0 Å². The van der Waals surface area contributed by atoms with Crippen molar-refractivity contribution in [2.75, 3.05) is 13.1 Å². The number of alkyl halides is 3. The Bertz CT molecular complexity index is 900. The van der Waals surface area contributed by atoms with E-state index in [4.69, 9.17) is 0 Å². The van der Waals surface area contributed by atoms with Gasteiger partial charge < -0.3 is 5.32 Å². The Hall–Kier alpha value is -1.61. The molecule has 9 heteroatoms. The van der Waals surface area contributed by atoms with Gasteiger partial charge in [0.2, 0.25) is 15.9 Å². The first-order valence-corrected chi connectivity index (χ1v) is 12.7. The van der Waals surface area contributed by atoms with Crippen LogP contribution in [0.3, 0.4) is 0 Å². The van der Waals surface area contributed by atoms with Crippen LogP contribution in [0.1, 0.15) is 64.9 Å². The number of sulfonamides is 1. The molecule has 0 bridgehead atoms. The number of benzene rings is 1. The normalized spacial score (nSPS) is 24.3. The summed E-state index contributed by atoms with van der Waals surface area (Å²) in [6, 6.07) is 5.95. The largest absolute Gasteiger partial charge is 0.393 e. The Morgan fingerprint density at radius 3 is 2.06 bits per heavy atom. The predicted molar refractivity (Wildman–Crippen MR) is 117 cm³/mol.